The molecule has 2 aliphatic heterocycles. The van der Waals surface area contributed by atoms with Crippen molar-refractivity contribution in [3.05, 3.63) is 64.1 Å². The lowest BCUT2D eigenvalue weighted by atomic mass is 10.0. The quantitative estimate of drug-likeness (QED) is 0.450. The van der Waals surface area contributed by atoms with E-state index < -0.39 is 35.6 Å². The number of aryl methyl sites for hydroxylation is 1. The molecule has 2 atom stereocenters. The first-order valence-corrected chi connectivity index (χ1v) is 15.2. The summed E-state index contributed by atoms with van der Waals surface area (Å²) in [6.45, 7) is 4.14. The number of carbonyl (C=O) groups excluding carboxylic acids is 4. The Hall–Kier alpha value is -4.12. The molecule has 3 heterocycles. The van der Waals surface area contributed by atoms with Crippen LogP contribution in [0.25, 0.3) is 11.0 Å². The number of rotatable bonds is 3. The number of nitrogens with zero attached hydrogens (tertiary/aromatic N) is 2. The van der Waals surface area contributed by atoms with Gasteiger partial charge in [0.2, 0.25) is 11.8 Å². The third kappa shape index (κ3) is 6.67. The fourth-order valence-electron chi connectivity index (χ4n) is 5.74. The standard InChI is InChI=1S/C32H36ClFN4O6/c1-18(2)24-16-37(32(42)27-14-20-13-21(33)15-26(43-3)29(20)44-27)17-28(39)35-10-4-6-19-8-9-23(34)22(12-19)31(41)38-11-5-7-25(38)30(40)36-24/h8-9,12-15,18,24-25H,4-7,10-11,16-17H2,1-3H3,(H,35,39)(H,36,40)/t24-,25-/m0/s1. The molecule has 4 amide bonds. The van der Waals surface area contributed by atoms with Gasteiger partial charge in [0, 0.05) is 42.2 Å². The van der Waals surface area contributed by atoms with Crippen LogP contribution < -0.4 is 15.4 Å². The Kier molecular flexibility index (Phi) is 9.43. The number of hydrogen-bond acceptors (Lipinski definition) is 6. The molecule has 2 bridgehead atoms. The number of benzene rings is 2. The number of furan rings is 1. The van der Waals surface area contributed by atoms with Gasteiger partial charge in [-0.15, -0.1) is 0 Å². The summed E-state index contributed by atoms with van der Waals surface area (Å²) < 4.78 is 26.1. The monoisotopic (exact) mass is 626 g/mol. The van der Waals surface area contributed by atoms with E-state index >= 15 is 0 Å². The van der Waals surface area contributed by atoms with E-state index in [9.17, 15) is 23.6 Å². The highest BCUT2D eigenvalue weighted by Crippen LogP contribution is 2.33. The normalized spacial score (nSPS) is 20.4. The molecule has 1 aromatic heterocycles. The van der Waals surface area contributed by atoms with Crippen molar-refractivity contribution < 1.29 is 32.7 Å². The molecule has 2 aromatic carbocycles. The van der Waals surface area contributed by atoms with Crippen LogP contribution in [0, 0.1) is 11.7 Å². The Morgan fingerprint density at radius 3 is 2.68 bits per heavy atom. The molecule has 5 rings (SSSR count). The average Bonchev–Trinajstić information content (AvgIpc) is 3.65. The fourth-order valence-corrected chi connectivity index (χ4v) is 5.95. The lowest BCUT2D eigenvalue weighted by Crippen LogP contribution is -2.54. The maximum absolute atomic E-state index is 14.8. The lowest BCUT2D eigenvalue weighted by Gasteiger charge is -2.32. The van der Waals surface area contributed by atoms with Crippen LogP contribution in [0.1, 0.15) is 59.6 Å². The van der Waals surface area contributed by atoms with Gasteiger partial charge in [-0.1, -0.05) is 31.5 Å². The molecule has 2 N–H and O–H groups in total. The van der Waals surface area contributed by atoms with E-state index in [1.54, 1.807) is 24.3 Å². The van der Waals surface area contributed by atoms with Crippen LogP contribution in [-0.4, -0.2) is 78.8 Å². The van der Waals surface area contributed by atoms with E-state index in [2.05, 4.69) is 10.6 Å². The number of hydrogen-bond donors (Lipinski definition) is 2. The van der Waals surface area contributed by atoms with Crippen molar-refractivity contribution in [2.45, 2.75) is 51.6 Å². The number of amides is 4. The first-order valence-electron chi connectivity index (χ1n) is 14.8. The minimum atomic E-state index is -0.789. The molecule has 12 heteroatoms. The maximum atomic E-state index is 14.8. The first-order chi connectivity index (χ1) is 21.0. The topological polar surface area (TPSA) is 121 Å². The second-order valence-corrected chi connectivity index (χ2v) is 12.0. The van der Waals surface area contributed by atoms with Crippen molar-refractivity contribution in [3.63, 3.8) is 0 Å². The van der Waals surface area contributed by atoms with Crippen molar-refractivity contribution in [2.75, 3.05) is 33.3 Å². The van der Waals surface area contributed by atoms with Gasteiger partial charge in [-0.3, -0.25) is 19.2 Å². The maximum Gasteiger partial charge on any atom is 0.290 e. The molecule has 3 aromatic rings. The van der Waals surface area contributed by atoms with Crippen LogP contribution in [-0.2, 0) is 16.0 Å². The van der Waals surface area contributed by atoms with Crippen LogP contribution in [0.2, 0.25) is 5.02 Å². The molecule has 10 nitrogen and oxygen atoms in total. The number of fused-ring (bicyclic) bond motifs is 4. The van der Waals surface area contributed by atoms with Crippen LogP contribution in [0.3, 0.4) is 0 Å². The van der Waals surface area contributed by atoms with Gasteiger partial charge in [0.05, 0.1) is 12.7 Å². The Balaban J connectivity index is 1.47. The molecule has 0 radical (unpaired) electrons. The summed E-state index contributed by atoms with van der Waals surface area (Å²) in [6, 6.07) is 7.82. The van der Waals surface area contributed by atoms with Crippen LogP contribution >= 0.6 is 11.6 Å². The predicted octanol–water partition coefficient (Wildman–Crippen LogP) is 4.18. The molecular formula is C32H36ClFN4O6. The molecule has 0 spiro atoms. The smallest absolute Gasteiger partial charge is 0.290 e. The Bertz CT molecular complexity index is 1590. The largest absolute Gasteiger partial charge is 0.493 e. The van der Waals surface area contributed by atoms with Crippen LogP contribution in [0.15, 0.2) is 40.8 Å². The predicted molar refractivity (Wildman–Crippen MR) is 162 cm³/mol. The summed E-state index contributed by atoms with van der Waals surface area (Å²) in [5.74, 6) is -2.29. The number of nitrogens with one attached hydrogen (secondary N) is 2. The molecule has 1 fully saturated rings. The molecule has 234 valence electrons. The third-order valence-electron chi connectivity index (χ3n) is 8.19. The van der Waals surface area contributed by atoms with Gasteiger partial charge in [0.15, 0.2) is 17.1 Å². The van der Waals surface area contributed by atoms with Gasteiger partial charge in [-0.25, -0.2) is 4.39 Å². The highest BCUT2D eigenvalue weighted by atomic mass is 35.5. The molecule has 0 saturated carbocycles. The fraction of sp³-hybridized carbons (Fsp3) is 0.438. The molecule has 2 aliphatic rings. The molecule has 0 aliphatic carbocycles. The summed E-state index contributed by atoms with van der Waals surface area (Å²) in [6.07, 6.45) is 2.05. The van der Waals surface area contributed by atoms with Crippen molar-refractivity contribution in [3.8, 4) is 5.75 Å². The van der Waals surface area contributed by atoms with Gasteiger partial charge in [-0.05, 0) is 61.4 Å². The van der Waals surface area contributed by atoms with Gasteiger partial charge in [-0.2, -0.15) is 0 Å². The summed E-state index contributed by atoms with van der Waals surface area (Å²) in [5, 5.41) is 6.82. The first kappa shape index (κ1) is 31.3. The van der Waals surface area contributed by atoms with Crippen LogP contribution in [0.4, 0.5) is 4.39 Å². The van der Waals surface area contributed by atoms with Crippen molar-refractivity contribution >= 4 is 46.2 Å². The second kappa shape index (κ2) is 13.3. The van der Waals surface area contributed by atoms with E-state index in [1.807, 2.05) is 13.8 Å². The summed E-state index contributed by atoms with van der Waals surface area (Å²) >= 11 is 6.21. The zero-order valence-corrected chi connectivity index (χ0v) is 25.7. The zero-order chi connectivity index (χ0) is 31.5. The van der Waals surface area contributed by atoms with E-state index in [0.29, 0.717) is 60.5 Å². The minimum Gasteiger partial charge on any atom is -0.493 e. The Morgan fingerprint density at radius 2 is 1.93 bits per heavy atom. The second-order valence-electron chi connectivity index (χ2n) is 11.6. The number of ether oxygens (including phenoxy) is 1. The van der Waals surface area contributed by atoms with Crippen molar-refractivity contribution in [2.24, 2.45) is 5.92 Å². The average molecular weight is 627 g/mol. The SMILES string of the molecule is COc1cc(Cl)cc2cc(C(=O)N3CC(=O)NCCCc4ccc(F)c(c4)C(=O)N4CCC[C@H]4C(=O)N[C@H](C(C)C)C3)oc12. The lowest BCUT2D eigenvalue weighted by molar-refractivity contribution is -0.126. The highest BCUT2D eigenvalue weighted by Gasteiger charge is 2.37. The Morgan fingerprint density at radius 1 is 1.14 bits per heavy atom. The summed E-state index contributed by atoms with van der Waals surface area (Å²) in [7, 11) is 1.47. The zero-order valence-electron chi connectivity index (χ0n) is 25.0. The number of halogens is 2. The highest BCUT2D eigenvalue weighted by molar-refractivity contribution is 6.31. The van der Waals surface area contributed by atoms with Gasteiger partial charge in [0.25, 0.3) is 11.8 Å². The van der Waals surface area contributed by atoms with Gasteiger partial charge < -0.3 is 29.6 Å². The van der Waals surface area contributed by atoms with Crippen LogP contribution in [0.5, 0.6) is 5.75 Å². The van der Waals surface area contributed by atoms with E-state index in [4.69, 9.17) is 20.8 Å². The van der Waals surface area contributed by atoms with Crippen molar-refractivity contribution in [1.82, 2.24) is 20.4 Å². The molecule has 1 saturated heterocycles. The summed E-state index contributed by atoms with van der Waals surface area (Å²) in [4.78, 5) is 56.8. The Labute approximate surface area is 259 Å². The minimum absolute atomic E-state index is 0.000662. The third-order valence-corrected chi connectivity index (χ3v) is 8.41. The summed E-state index contributed by atoms with van der Waals surface area (Å²) in [5.41, 5.74) is 1.01. The molecule has 0 unspecified atom stereocenters. The van der Waals surface area contributed by atoms with E-state index in [1.165, 1.54) is 29.0 Å². The number of carbonyl (C=O) groups is 4. The van der Waals surface area contributed by atoms with E-state index in [0.717, 1.165) is 5.56 Å². The molecule has 44 heavy (non-hydrogen) atoms. The van der Waals surface area contributed by atoms with Crippen molar-refractivity contribution in [1.29, 1.82) is 0 Å². The van der Waals surface area contributed by atoms with Gasteiger partial charge >= 0.3 is 0 Å². The van der Waals surface area contributed by atoms with E-state index in [-0.39, 0.29) is 36.2 Å². The molecular weight excluding hydrogens is 591 g/mol. The number of methoxy groups -OCH3 is 1. The van der Waals surface area contributed by atoms with Gasteiger partial charge in [0.1, 0.15) is 18.4 Å².